The number of hydrogen-bond donors (Lipinski definition) is 0. The predicted molar refractivity (Wildman–Crippen MR) is 87.1 cm³/mol. The largest absolute Gasteiger partial charge is 0.444 e. The van der Waals surface area contributed by atoms with Crippen LogP contribution in [0, 0.1) is 0 Å². The van der Waals surface area contributed by atoms with Crippen molar-refractivity contribution in [1.82, 2.24) is 0 Å². The molecule has 1 heterocycles. The third-order valence-corrected chi connectivity index (χ3v) is 4.25. The van der Waals surface area contributed by atoms with Gasteiger partial charge in [-0.1, -0.05) is 44.4 Å². The number of esters is 1. The van der Waals surface area contributed by atoms with Crippen molar-refractivity contribution in [3.63, 3.8) is 0 Å². The van der Waals surface area contributed by atoms with Crippen LogP contribution < -0.4 is 4.90 Å². The zero-order valence-corrected chi connectivity index (χ0v) is 13.9. The lowest BCUT2D eigenvalue weighted by Gasteiger charge is -2.18. The number of aryl methyl sites for hydroxylation is 1. The van der Waals surface area contributed by atoms with Crippen LogP contribution in [0.2, 0.25) is 5.02 Å². The fourth-order valence-corrected chi connectivity index (χ4v) is 2.88. The molecule has 120 valence electrons. The molecule has 0 N–H and O–H groups in total. The van der Waals surface area contributed by atoms with Crippen molar-refractivity contribution < 1.29 is 14.3 Å². The van der Waals surface area contributed by atoms with Gasteiger partial charge in [-0.2, -0.15) is 0 Å². The van der Waals surface area contributed by atoms with Crippen LogP contribution in [0.25, 0.3) is 0 Å². The van der Waals surface area contributed by atoms with Crippen LogP contribution in [-0.2, 0) is 27.2 Å². The number of benzene rings is 1. The zero-order valence-electron chi connectivity index (χ0n) is 13.2. The molecular weight excluding hydrogens is 302 g/mol. The molecule has 1 aromatic rings. The summed E-state index contributed by atoms with van der Waals surface area (Å²) in [6.45, 7) is 4.08. The van der Waals surface area contributed by atoms with Gasteiger partial charge in [0, 0.05) is 11.4 Å². The highest BCUT2D eigenvalue weighted by atomic mass is 35.5. The minimum Gasteiger partial charge on any atom is -0.444 e. The predicted octanol–water partition coefficient (Wildman–Crippen LogP) is 3.87. The molecule has 1 aromatic carbocycles. The molecule has 22 heavy (non-hydrogen) atoms. The van der Waals surface area contributed by atoms with Crippen molar-refractivity contribution in [2.45, 2.75) is 52.4 Å². The molecule has 5 heteroatoms. The Balaban J connectivity index is 2.00. The number of amides is 1. The normalized spacial score (nSPS) is 13.4. The maximum absolute atomic E-state index is 12.1. The van der Waals surface area contributed by atoms with Gasteiger partial charge < -0.3 is 4.74 Å². The van der Waals surface area contributed by atoms with E-state index in [9.17, 15) is 9.59 Å². The number of carbonyl (C=O) groups excluding carboxylic acids is 2. The molecule has 1 amide bonds. The maximum atomic E-state index is 12.1. The molecule has 0 saturated heterocycles. The molecule has 1 aliphatic rings. The first-order valence-electron chi connectivity index (χ1n) is 7.84. The smallest absolute Gasteiger partial charge is 0.307 e. The summed E-state index contributed by atoms with van der Waals surface area (Å²) in [5, 5.41) is 0.648. The second-order valence-electron chi connectivity index (χ2n) is 5.53. The summed E-state index contributed by atoms with van der Waals surface area (Å²) >= 11 is 6.22. The maximum Gasteiger partial charge on any atom is 0.307 e. The molecule has 0 aliphatic carbocycles. The molecule has 0 bridgehead atoms. The third-order valence-electron chi connectivity index (χ3n) is 3.90. The third kappa shape index (κ3) is 3.80. The Morgan fingerprint density at radius 3 is 2.77 bits per heavy atom. The molecule has 1 aliphatic heterocycles. The van der Waals surface area contributed by atoms with Crippen LogP contribution in [0.3, 0.4) is 0 Å². The highest BCUT2D eigenvalue weighted by Crippen LogP contribution is 2.34. The van der Waals surface area contributed by atoms with Gasteiger partial charge >= 0.3 is 5.97 Å². The lowest BCUT2D eigenvalue weighted by Crippen LogP contribution is -2.30. The average molecular weight is 324 g/mol. The Bertz CT molecular complexity index is 571. The van der Waals surface area contributed by atoms with Gasteiger partial charge in [0.25, 0.3) is 0 Å². The second kappa shape index (κ2) is 7.63. The fourth-order valence-electron chi connectivity index (χ4n) is 2.58. The Morgan fingerprint density at radius 1 is 1.32 bits per heavy atom. The summed E-state index contributed by atoms with van der Waals surface area (Å²) in [5.41, 5.74) is 2.74. The molecular formula is C17H22ClNO3. The first-order chi connectivity index (χ1) is 10.6. The number of hydrogen-bond acceptors (Lipinski definition) is 3. The summed E-state index contributed by atoms with van der Waals surface area (Å²) in [4.78, 5) is 25.3. The van der Waals surface area contributed by atoms with E-state index >= 15 is 0 Å². The number of rotatable bonds is 7. The quantitative estimate of drug-likeness (QED) is 0.565. The minimum absolute atomic E-state index is 0.0292. The van der Waals surface area contributed by atoms with Crippen LogP contribution in [0.4, 0.5) is 5.69 Å². The zero-order chi connectivity index (χ0) is 16.1. The van der Waals surface area contributed by atoms with Gasteiger partial charge in [0.05, 0.1) is 12.1 Å². The van der Waals surface area contributed by atoms with E-state index in [0.717, 1.165) is 42.5 Å². The molecule has 2 rings (SSSR count). The van der Waals surface area contributed by atoms with Crippen LogP contribution in [-0.4, -0.2) is 18.6 Å². The van der Waals surface area contributed by atoms with Crippen molar-refractivity contribution in [2.24, 2.45) is 0 Å². The van der Waals surface area contributed by atoms with E-state index in [1.807, 2.05) is 13.0 Å². The van der Waals surface area contributed by atoms with Gasteiger partial charge in [0.15, 0.2) is 6.73 Å². The highest BCUT2D eigenvalue weighted by Gasteiger charge is 2.29. The minimum atomic E-state index is -0.258. The molecule has 0 radical (unpaired) electrons. The van der Waals surface area contributed by atoms with Crippen LogP contribution in [0.5, 0.6) is 0 Å². The van der Waals surface area contributed by atoms with E-state index in [1.165, 1.54) is 4.90 Å². The summed E-state index contributed by atoms with van der Waals surface area (Å²) in [6.07, 6.45) is 4.46. The molecule has 0 aromatic heterocycles. The van der Waals surface area contributed by atoms with Gasteiger partial charge in [-0.25, -0.2) is 0 Å². The summed E-state index contributed by atoms with van der Waals surface area (Å²) in [7, 11) is 0. The van der Waals surface area contributed by atoms with Crippen molar-refractivity contribution in [3.05, 3.63) is 28.3 Å². The summed E-state index contributed by atoms with van der Waals surface area (Å²) in [6, 6.07) is 3.77. The summed E-state index contributed by atoms with van der Waals surface area (Å²) < 4.78 is 5.22. The van der Waals surface area contributed by atoms with Gasteiger partial charge in [-0.3, -0.25) is 14.5 Å². The Kier molecular flexibility index (Phi) is 5.83. The van der Waals surface area contributed by atoms with Gasteiger partial charge in [-0.05, 0) is 30.0 Å². The SMILES string of the molecule is CCCCCC(=O)OCN1C(=O)Cc2cc(CC)c(Cl)cc21. The van der Waals surface area contributed by atoms with Gasteiger partial charge in [0.1, 0.15) is 0 Å². The van der Waals surface area contributed by atoms with Crippen molar-refractivity contribution in [2.75, 3.05) is 11.6 Å². The van der Waals surface area contributed by atoms with Crippen LogP contribution in [0.1, 0.15) is 50.7 Å². The Morgan fingerprint density at radius 2 is 2.09 bits per heavy atom. The standard InChI is InChI=1S/C17H22ClNO3/c1-3-5-6-7-17(21)22-11-19-15-10-14(18)12(4-2)8-13(15)9-16(19)20/h8,10H,3-7,9,11H2,1-2H3. The number of unbranched alkanes of at least 4 members (excludes halogenated alkanes) is 2. The summed E-state index contributed by atoms with van der Waals surface area (Å²) in [5.74, 6) is -0.313. The topological polar surface area (TPSA) is 46.6 Å². The molecule has 0 spiro atoms. The first kappa shape index (κ1) is 16.8. The molecule has 0 saturated carbocycles. The lowest BCUT2D eigenvalue weighted by molar-refractivity contribution is -0.144. The van der Waals surface area contributed by atoms with E-state index in [-0.39, 0.29) is 18.6 Å². The lowest BCUT2D eigenvalue weighted by atomic mass is 10.1. The monoisotopic (exact) mass is 323 g/mol. The number of anilines is 1. The number of ether oxygens (including phenoxy) is 1. The number of carbonyl (C=O) groups is 2. The number of fused-ring (bicyclic) bond motifs is 1. The van der Waals surface area contributed by atoms with E-state index < -0.39 is 0 Å². The molecule has 4 nitrogen and oxygen atoms in total. The Hall–Kier alpha value is -1.55. The number of nitrogens with zero attached hydrogens (tertiary/aromatic N) is 1. The van der Waals surface area contributed by atoms with E-state index in [2.05, 4.69) is 6.92 Å². The highest BCUT2D eigenvalue weighted by molar-refractivity contribution is 6.32. The first-order valence-corrected chi connectivity index (χ1v) is 8.21. The van der Waals surface area contributed by atoms with E-state index in [0.29, 0.717) is 17.9 Å². The number of halogens is 1. The van der Waals surface area contributed by atoms with Crippen molar-refractivity contribution >= 4 is 29.2 Å². The van der Waals surface area contributed by atoms with Gasteiger partial charge in [0.2, 0.25) is 5.91 Å². The van der Waals surface area contributed by atoms with E-state index in [4.69, 9.17) is 16.3 Å². The van der Waals surface area contributed by atoms with Crippen LogP contribution in [0.15, 0.2) is 12.1 Å². The fraction of sp³-hybridized carbons (Fsp3) is 0.529. The van der Waals surface area contributed by atoms with E-state index in [1.54, 1.807) is 6.07 Å². The molecule has 0 fully saturated rings. The van der Waals surface area contributed by atoms with Crippen molar-refractivity contribution in [1.29, 1.82) is 0 Å². The van der Waals surface area contributed by atoms with Crippen LogP contribution >= 0.6 is 11.6 Å². The van der Waals surface area contributed by atoms with Gasteiger partial charge in [-0.15, -0.1) is 0 Å². The molecule has 0 atom stereocenters. The molecule has 0 unspecified atom stereocenters. The Labute approximate surface area is 136 Å². The second-order valence-corrected chi connectivity index (χ2v) is 5.93. The average Bonchev–Trinajstić information content (AvgIpc) is 2.79. The van der Waals surface area contributed by atoms with Crippen molar-refractivity contribution in [3.8, 4) is 0 Å².